The number of sulfonamides is 2. The first-order chi connectivity index (χ1) is 23.3. The van der Waals surface area contributed by atoms with E-state index in [0.29, 0.717) is 13.1 Å². The van der Waals surface area contributed by atoms with Crippen LogP contribution in [0.15, 0.2) is 94.7 Å². The molecule has 0 unspecified atom stereocenters. The SMILES string of the molecule is CN(CCO)S(=O)(=O)c1cc(-c2ccc(NC(=O)c3ccc(F)cc3)c(S(=O)(=O)N3CCNCC3)c2)ccc1NC(=O)c1ccc(F)cc1. The van der Waals surface area contributed by atoms with E-state index >= 15 is 0 Å². The van der Waals surface area contributed by atoms with Crippen molar-refractivity contribution >= 4 is 43.2 Å². The average molecular weight is 714 g/mol. The minimum Gasteiger partial charge on any atom is -0.395 e. The van der Waals surface area contributed by atoms with Crippen LogP contribution >= 0.6 is 0 Å². The number of piperazine rings is 1. The molecule has 4 aromatic rings. The maximum absolute atomic E-state index is 14.0. The van der Waals surface area contributed by atoms with Crippen LogP contribution in [-0.2, 0) is 20.0 Å². The Morgan fingerprint density at radius 1 is 0.755 bits per heavy atom. The van der Waals surface area contributed by atoms with Gasteiger partial charge in [0.1, 0.15) is 21.4 Å². The zero-order valence-corrected chi connectivity index (χ0v) is 27.8. The van der Waals surface area contributed by atoms with E-state index < -0.39 is 50.1 Å². The summed E-state index contributed by atoms with van der Waals surface area (Å²) >= 11 is 0. The van der Waals surface area contributed by atoms with Crippen molar-refractivity contribution in [2.24, 2.45) is 0 Å². The smallest absolute Gasteiger partial charge is 0.255 e. The van der Waals surface area contributed by atoms with Gasteiger partial charge in [-0.15, -0.1) is 0 Å². The summed E-state index contributed by atoms with van der Waals surface area (Å²) in [7, 11) is -7.27. The zero-order chi connectivity index (χ0) is 35.3. The summed E-state index contributed by atoms with van der Waals surface area (Å²) in [5.74, 6) is -2.49. The van der Waals surface area contributed by atoms with Crippen LogP contribution in [0.4, 0.5) is 20.2 Å². The molecular formula is C33H33F2N5O7S2. The van der Waals surface area contributed by atoms with E-state index in [9.17, 15) is 40.3 Å². The van der Waals surface area contributed by atoms with Crippen molar-refractivity contribution in [1.82, 2.24) is 13.9 Å². The molecule has 2 amide bonds. The summed E-state index contributed by atoms with van der Waals surface area (Å²) < 4.78 is 84.4. The molecule has 1 saturated heterocycles. The quantitative estimate of drug-likeness (QED) is 0.184. The third-order valence-corrected chi connectivity index (χ3v) is 11.6. The van der Waals surface area contributed by atoms with E-state index in [1.807, 2.05) is 0 Å². The van der Waals surface area contributed by atoms with Crippen LogP contribution < -0.4 is 16.0 Å². The molecule has 4 N–H and O–H groups in total. The topological polar surface area (TPSA) is 165 Å². The Morgan fingerprint density at radius 3 is 1.67 bits per heavy atom. The normalized spacial score (nSPS) is 14.1. The number of rotatable bonds is 11. The minimum atomic E-state index is -4.33. The first-order valence-corrected chi connectivity index (χ1v) is 17.9. The molecule has 1 aliphatic heterocycles. The van der Waals surface area contributed by atoms with Crippen molar-refractivity contribution < 1.29 is 40.3 Å². The molecule has 0 bridgehead atoms. The molecule has 0 aromatic heterocycles. The number of halogens is 2. The van der Waals surface area contributed by atoms with Crippen molar-refractivity contribution in [2.75, 3.05) is 57.0 Å². The molecule has 0 saturated carbocycles. The van der Waals surface area contributed by atoms with Crippen LogP contribution in [0.5, 0.6) is 0 Å². The van der Waals surface area contributed by atoms with Crippen molar-refractivity contribution in [2.45, 2.75) is 9.79 Å². The number of nitrogens with one attached hydrogen (secondary N) is 3. The zero-order valence-electron chi connectivity index (χ0n) is 26.2. The lowest BCUT2D eigenvalue weighted by Gasteiger charge is -2.27. The van der Waals surface area contributed by atoms with Gasteiger partial charge < -0.3 is 21.1 Å². The number of hydrogen-bond acceptors (Lipinski definition) is 8. The molecule has 12 nitrogen and oxygen atoms in total. The third-order valence-electron chi connectivity index (χ3n) is 7.80. The number of aliphatic hydroxyl groups is 1. The van der Waals surface area contributed by atoms with E-state index in [0.717, 1.165) is 28.6 Å². The highest BCUT2D eigenvalue weighted by molar-refractivity contribution is 7.89. The Balaban J connectivity index is 1.60. The molecule has 1 aliphatic rings. The highest BCUT2D eigenvalue weighted by Crippen LogP contribution is 2.35. The number of hydrogen-bond donors (Lipinski definition) is 4. The van der Waals surface area contributed by atoms with Crippen LogP contribution in [0.1, 0.15) is 20.7 Å². The number of likely N-dealkylation sites (N-methyl/N-ethyl adjacent to an activating group) is 1. The van der Waals surface area contributed by atoms with Gasteiger partial charge in [-0.1, -0.05) is 12.1 Å². The molecule has 5 rings (SSSR count). The van der Waals surface area contributed by atoms with Crippen LogP contribution in [0.3, 0.4) is 0 Å². The Bertz CT molecular complexity index is 2070. The van der Waals surface area contributed by atoms with E-state index in [-0.39, 0.29) is 63.1 Å². The van der Waals surface area contributed by atoms with E-state index in [4.69, 9.17) is 0 Å². The first kappa shape index (κ1) is 35.7. The van der Waals surface area contributed by atoms with Crippen LogP contribution in [0.2, 0.25) is 0 Å². The summed E-state index contributed by atoms with van der Waals surface area (Å²) in [4.78, 5) is 25.5. The maximum atomic E-state index is 14.0. The van der Waals surface area contributed by atoms with Gasteiger partial charge in [0.2, 0.25) is 20.0 Å². The van der Waals surface area contributed by atoms with E-state index in [2.05, 4.69) is 16.0 Å². The minimum absolute atomic E-state index is 0.0460. The molecular weight excluding hydrogens is 681 g/mol. The van der Waals surface area contributed by atoms with Crippen LogP contribution in [0.25, 0.3) is 11.1 Å². The number of nitrogens with zero attached hydrogens (tertiary/aromatic N) is 2. The van der Waals surface area contributed by atoms with Gasteiger partial charge in [0.15, 0.2) is 0 Å². The molecule has 49 heavy (non-hydrogen) atoms. The fraction of sp³-hybridized carbons (Fsp3) is 0.212. The molecule has 4 aromatic carbocycles. The summed E-state index contributed by atoms with van der Waals surface area (Å²) in [5.41, 5.74) is 0.528. The number of carbonyl (C=O) groups excluding carboxylic acids is 2. The van der Waals surface area contributed by atoms with Crippen molar-refractivity contribution in [3.63, 3.8) is 0 Å². The van der Waals surface area contributed by atoms with Crippen LogP contribution in [-0.4, -0.2) is 88.7 Å². The van der Waals surface area contributed by atoms with Crippen molar-refractivity contribution in [1.29, 1.82) is 0 Å². The fourth-order valence-electron chi connectivity index (χ4n) is 5.08. The van der Waals surface area contributed by atoms with Gasteiger partial charge in [0.05, 0.1) is 18.0 Å². The maximum Gasteiger partial charge on any atom is 0.255 e. The standard InChI is InChI=1S/C33H33F2N5O7S2/c1-39(18-19-41)48(44,45)30-20-24(6-12-28(30)37-32(42)22-2-8-26(34)9-3-22)25-7-13-29(38-33(43)23-4-10-27(35)11-5-23)31(21-25)49(46,47)40-16-14-36-15-17-40/h2-13,20-21,36,41H,14-19H2,1H3,(H,37,42)(H,38,43). The molecule has 0 spiro atoms. The highest BCUT2D eigenvalue weighted by atomic mass is 32.2. The second-order valence-corrected chi connectivity index (χ2v) is 15.0. The second-order valence-electron chi connectivity index (χ2n) is 11.0. The number of carbonyl (C=O) groups is 2. The monoisotopic (exact) mass is 713 g/mol. The largest absolute Gasteiger partial charge is 0.395 e. The Morgan fingerprint density at radius 2 is 1.20 bits per heavy atom. The number of amides is 2. The summed E-state index contributed by atoms with van der Waals surface area (Å²) in [6, 6.07) is 17.6. The van der Waals surface area contributed by atoms with Gasteiger partial charge in [-0.25, -0.2) is 25.6 Å². The summed E-state index contributed by atoms with van der Waals surface area (Å²) in [5, 5.41) is 17.7. The van der Waals surface area contributed by atoms with E-state index in [1.165, 1.54) is 72.0 Å². The molecule has 0 radical (unpaired) electrons. The molecule has 258 valence electrons. The number of aliphatic hydroxyl groups excluding tert-OH is 1. The molecule has 0 aliphatic carbocycles. The summed E-state index contributed by atoms with van der Waals surface area (Å²) in [6.07, 6.45) is 0. The third kappa shape index (κ3) is 8.01. The highest BCUT2D eigenvalue weighted by Gasteiger charge is 2.30. The van der Waals surface area contributed by atoms with E-state index in [1.54, 1.807) is 0 Å². The Hall–Kier alpha value is -4.58. The Labute approximate surface area is 282 Å². The Kier molecular flexibility index (Phi) is 10.9. The van der Waals surface area contributed by atoms with Gasteiger partial charge in [-0.3, -0.25) is 9.59 Å². The number of anilines is 2. The van der Waals surface area contributed by atoms with Gasteiger partial charge in [0.25, 0.3) is 11.8 Å². The molecule has 1 fully saturated rings. The predicted molar refractivity (Wildman–Crippen MR) is 179 cm³/mol. The molecule has 0 atom stereocenters. The number of benzene rings is 4. The lowest BCUT2D eigenvalue weighted by molar-refractivity contribution is 0.101. The average Bonchev–Trinajstić information content (AvgIpc) is 3.09. The predicted octanol–water partition coefficient (Wildman–Crippen LogP) is 3.34. The van der Waals surface area contributed by atoms with Gasteiger partial charge in [0, 0.05) is 50.9 Å². The van der Waals surface area contributed by atoms with Gasteiger partial charge in [-0.2, -0.15) is 8.61 Å². The van der Waals surface area contributed by atoms with Gasteiger partial charge in [-0.05, 0) is 83.9 Å². The fourth-order valence-corrected chi connectivity index (χ4v) is 8.03. The summed E-state index contributed by atoms with van der Waals surface area (Å²) in [6.45, 7) is 0.409. The first-order valence-electron chi connectivity index (χ1n) is 15.0. The second kappa shape index (κ2) is 14.9. The lowest BCUT2D eigenvalue weighted by atomic mass is 10.0. The van der Waals surface area contributed by atoms with Crippen LogP contribution in [0, 0.1) is 11.6 Å². The lowest BCUT2D eigenvalue weighted by Crippen LogP contribution is -2.46. The molecule has 1 heterocycles. The van der Waals surface area contributed by atoms with Gasteiger partial charge >= 0.3 is 0 Å². The molecule has 16 heteroatoms. The van der Waals surface area contributed by atoms with Crippen molar-refractivity contribution in [3.8, 4) is 11.1 Å². The van der Waals surface area contributed by atoms with Crippen molar-refractivity contribution in [3.05, 3.63) is 108 Å².